The molecule has 0 saturated heterocycles. The molecule has 3 nitrogen and oxygen atoms in total. The summed E-state index contributed by atoms with van der Waals surface area (Å²) in [4.78, 5) is 7.95. The van der Waals surface area contributed by atoms with E-state index in [1.807, 2.05) is 7.05 Å². The number of allylic oxidation sites excluding steroid dienone is 1. The summed E-state index contributed by atoms with van der Waals surface area (Å²) in [6.07, 6.45) is 8.77. The summed E-state index contributed by atoms with van der Waals surface area (Å²) in [5.74, 6) is 1.14. The highest BCUT2D eigenvalue weighted by molar-refractivity contribution is 5.50. The standard InChI is InChI=1S/C11H17N3/c1-12-8-4-7-11-13-9-5-2-3-6-10(9)14-11/h2,5,12H,3-4,6-8H2,1H3,(H,13,14). The molecule has 0 fully saturated rings. The number of imidazole rings is 1. The Balaban J connectivity index is 1.99. The van der Waals surface area contributed by atoms with E-state index < -0.39 is 0 Å². The molecule has 14 heavy (non-hydrogen) atoms. The molecule has 1 aromatic heterocycles. The highest BCUT2D eigenvalue weighted by Gasteiger charge is 2.09. The van der Waals surface area contributed by atoms with E-state index in [0.717, 1.165) is 43.7 Å². The first-order valence-electron chi connectivity index (χ1n) is 5.29. The van der Waals surface area contributed by atoms with Gasteiger partial charge in [0.25, 0.3) is 0 Å². The molecule has 0 radical (unpaired) electrons. The summed E-state index contributed by atoms with van der Waals surface area (Å²) in [6.45, 7) is 1.06. The number of fused-ring (bicyclic) bond motifs is 1. The van der Waals surface area contributed by atoms with Crippen molar-refractivity contribution < 1.29 is 0 Å². The molecule has 1 aromatic rings. The van der Waals surface area contributed by atoms with E-state index in [0.29, 0.717) is 0 Å². The smallest absolute Gasteiger partial charge is 0.107 e. The van der Waals surface area contributed by atoms with Crippen LogP contribution in [0.1, 0.15) is 30.1 Å². The third-order valence-electron chi connectivity index (χ3n) is 2.54. The third kappa shape index (κ3) is 2.04. The predicted octanol–water partition coefficient (Wildman–Crippen LogP) is 1.52. The van der Waals surface area contributed by atoms with Crippen LogP contribution < -0.4 is 5.32 Å². The number of H-pyrrole nitrogens is 1. The van der Waals surface area contributed by atoms with Crippen LogP contribution in [0.2, 0.25) is 0 Å². The zero-order valence-electron chi connectivity index (χ0n) is 8.64. The van der Waals surface area contributed by atoms with Gasteiger partial charge in [-0.1, -0.05) is 6.08 Å². The van der Waals surface area contributed by atoms with Crippen molar-refractivity contribution in [1.82, 2.24) is 15.3 Å². The molecular formula is C11H17N3. The third-order valence-corrected chi connectivity index (χ3v) is 2.54. The van der Waals surface area contributed by atoms with Gasteiger partial charge in [0.15, 0.2) is 0 Å². The van der Waals surface area contributed by atoms with Gasteiger partial charge in [0.2, 0.25) is 0 Å². The summed E-state index contributed by atoms with van der Waals surface area (Å²) in [7, 11) is 1.98. The maximum atomic E-state index is 4.55. The minimum atomic E-state index is 1.04. The van der Waals surface area contributed by atoms with Gasteiger partial charge in [-0.2, -0.15) is 0 Å². The highest BCUT2D eigenvalue weighted by Crippen LogP contribution is 2.16. The average Bonchev–Trinajstić information content (AvgIpc) is 2.60. The van der Waals surface area contributed by atoms with E-state index in [-0.39, 0.29) is 0 Å². The second kappa shape index (κ2) is 4.42. The zero-order chi connectivity index (χ0) is 9.80. The molecule has 0 amide bonds. The second-order valence-electron chi connectivity index (χ2n) is 3.70. The molecule has 0 aromatic carbocycles. The van der Waals surface area contributed by atoms with Crippen LogP contribution in [0.3, 0.4) is 0 Å². The molecule has 2 N–H and O–H groups in total. The Labute approximate surface area is 84.6 Å². The number of hydrogen-bond donors (Lipinski definition) is 2. The van der Waals surface area contributed by atoms with Crippen molar-refractivity contribution in [2.75, 3.05) is 13.6 Å². The van der Waals surface area contributed by atoms with Crippen LogP contribution in [-0.2, 0) is 12.8 Å². The van der Waals surface area contributed by atoms with Crippen LogP contribution in [0.4, 0.5) is 0 Å². The molecule has 1 aliphatic carbocycles. The van der Waals surface area contributed by atoms with Crippen LogP contribution in [-0.4, -0.2) is 23.6 Å². The van der Waals surface area contributed by atoms with Gasteiger partial charge >= 0.3 is 0 Å². The number of aryl methyl sites for hydroxylation is 2. The normalized spacial score (nSPS) is 14.4. The lowest BCUT2D eigenvalue weighted by Gasteiger charge is -2.00. The topological polar surface area (TPSA) is 40.7 Å². The Hall–Kier alpha value is -1.09. The maximum absolute atomic E-state index is 4.55. The van der Waals surface area contributed by atoms with Gasteiger partial charge < -0.3 is 10.3 Å². The van der Waals surface area contributed by atoms with Crippen molar-refractivity contribution >= 4 is 6.08 Å². The first-order chi connectivity index (χ1) is 6.90. The van der Waals surface area contributed by atoms with E-state index >= 15 is 0 Å². The van der Waals surface area contributed by atoms with Crippen LogP contribution in [0.15, 0.2) is 6.08 Å². The molecule has 0 bridgehead atoms. The molecule has 0 unspecified atom stereocenters. The van der Waals surface area contributed by atoms with Gasteiger partial charge in [0.05, 0.1) is 5.69 Å². The summed E-state index contributed by atoms with van der Waals surface area (Å²) in [5, 5.41) is 3.14. The summed E-state index contributed by atoms with van der Waals surface area (Å²) in [6, 6.07) is 0. The summed E-state index contributed by atoms with van der Waals surface area (Å²) < 4.78 is 0. The lowest BCUT2D eigenvalue weighted by molar-refractivity contribution is 0.706. The van der Waals surface area contributed by atoms with Gasteiger partial charge in [0, 0.05) is 12.1 Å². The van der Waals surface area contributed by atoms with Crippen molar-refractivity contribution in [2.45, 2.75) is 25.7 Å². The maximum Gasteiger partial charge on any atom is 0.107 e. The van der Waals surface area contributed by atoms with Gasteiger partial charge in [0.1, 0.15) is 5.82 Å². The van der Waals surface area contributed by atoms with Crippen molar-refractivity contribution in [3.8, 4) is 0 Å². The number of aromatic nitrogens is 2. The number of aromatic amines is 1. The van der Waals surface area contributed by atoms with Crippen molar-refractivity contribution in [2.24, 2.45) is 0 Å². The molecule has 76 valence electrons. The van der Waals surface area contributed by atoms with Crippen LogP contribution in [0, 0.1) is 0 Å². The van der Waals surface area contributed by atoms with Crippen molar-refractivity contribution in [3.05, 3.63) is 23.3 Å². The fourth-order valence-corrected chi connectivity index (χ4v) is 1.78. The van der Waals surface area contributed by atoms with E-state index in [4.69, 9.17) is 0 Å². The number of nitrogens with one attached hydrogen (secondary N) is 2. The zero-order valence-corrected chi connectivity index (χ0v) is 8.64. The Morgan fingerprint density at radius 3 is 3.29 bits per heavy atom. The molecule has 1 heterocycles. The van der Waals surface area contributed by atoms with E-state index in [1.165, 1.54) is 5.69 Å². The Bertz CT molecular complexity index is 325. The first kappa shape index (κ1) is 9.46. The average molecular weight is 191 g/mol. The van der Waals surface area contributed by atoms with Crippen LogP contribution in [0.25, 0.3) is 6.08 Å². The summed E-state index contributed by atoms with van der Waals surface area (Å²) in [5.41, 5.74) is 2.46. The predicted molar refractivity (Wildman–Crippen MR) is 58.2 cm³/mol. The van der Waals surface area contributed by atoms with Crippen molar-refractivity contribution in [1.29, 1.82) is 0 Å². The van der Waals surface area contributed by atoms with E-state index in [9.17, 15) is 0 Å². The number of hydrogen-bond acceptors (Lipinski definition) is 2. The van der Waals surface area contributed by atoms with Crippen LogP contribution in [0.5, 0.6) is 0 Å². The minimum Gasteiger partial charge on any atom is -0.345 e. The van der Waals surface area contributed by atoms with Gasteiger partial charge in [-0.25, -0.2) is 4.98 Å². The molecule has 1 aliphatic rings. The number of nitrogens with zero attached hydrogens (tertiary/aromatic N) is 1. The molecule has 0 aliphatic heterocycles. The van der Waals surface area contributed by atoms with Gasteiger partial charge in [-0.05, 0) is 38.9 Å². The molecular weight excluding hydrogens is 174 g/mol. The molecule has 2 rings (SSSR count). The Morgan fingerprint density at radius 2 is 2.50 bits per heavy atom. The lowest BCUT2D eigenvalue weighted by Crippen LogP contribution is -2.08. The Morgan fingerprint density at radius 1 is 1.57 bits per heavy atom. The van der Waals surface area contributed by atoms with E-state index in [1.54, 1.807) is 0 Å². The molecule has 0 atom stereocenters. The fourth-order valence-electron chi connectivity index (χ4n) is 1.78. The SMILES string of the molecule is CNCCCc1nc2c([nH]1)CCC=C2. The quantitative estimate of drug-likeness (QED) is 0.708. The molecule has 3 heteroatoms. The monoisotopic (exact) mass is 191 g/mol. The fraction of sp³-hybridized carbons (Fsp3) is 0.545. The molecule has 0 saturated carbocycles. The van der Waals surface area contributed by atoms with E-state index in [2.05, 4.69) is 27.4 Å². The number of rotatable bonds is 4. The molecule has 0 spiro atoms. The largest absolute Gasteiger partial charge is 0.345 e. The first-order valence-corrected chi connectivity index (χ1v) is 5.29. The van der Waals surface area contributed by atoms with Crippen molar-refractivity contribution in [3.63, 3.8) is 0 Å². The Kier molecular flexibility index (Phi) is 2.99. The van der Waals surface area contributed by atoms with Crippen LogP contribution >= 0.6 is 0 Å². The summed E-state index contributed by atoms with van der Waals surface area (Å²) >= 11 is 0. The van der Waals surface area contributed by atoms with Gasteiger partial charge in [-0.15, -0.1) is 0 Å². The second-order valence-corrected chi connectivity index (χ2v) is 3.70. The lowest BCUT2D eigenvalue weighted by atomic mass is 10.1. The van der Waals surface area contributed by atoms with Gasteiger partial charge in [-0.3, -0.25) is 0 Å². The minimum absolute atomic E-state index is 1.04. The highest BCUT2D eigenvalue weighted by atomic mass is 14.9.